The molecule has 0 spiro atoms. The third kappa shape index (κ3) is 9.49. The van der Waals surface area contributed by atoms with Crippen LogP contribution in [0.3, 0.4) is 0 Å². The molecule has 1 aliphatic carbocycles. The van der Waals surface area contributed by atoms with E-state index in [9.17, 15) is 0 Å². The molecule has 0 aliphatic heterocycles. The van der Waals surface area contributed by atoms with Crippen LogP contribution in [0.2, 0.25) is 0 Å². The van der Waals surface area contributed by atoms with E-state index in [1.807, 2.05) is 0 Å². The first-order valence-electron chi connectivity index (χ1n) is 9.03. The van der Waals surface area contributed by atoms with Crippen LogP contribution >= 0.6 is 0 Å². The van der Waals surface area contributed by atoms with Gasteiger partial charge in [0.25, 0.3) is 0 Å². The van der Waals surface area contributed by atoms with Crippen molar-refractivity contribution in [3.05, 3.63) is 0 Å². The van der Waals surface area contributed by atoms with Gasteiger partial charge in [-0.1, -0.05) is 65.2 Å². The average Bonchev–Trinajstić information content (AvgIpc) is 2.45. The number of hydrogen-bond donors (Lipinski definition) is 1. The number of hydrogen-bond acceptors (Lipinski definition) is 1. The fourth-order valence-electron chi connectivity index (χ4n) is 3.39. The molecule has 1 N–H and O–H groups in total. The minimum Gasteiger partial charge on any atom is -0.317 e. The van der Waals surface area contributed by atoms with Crippen molar-refractivity contribution < 1.29 is 0 Å². The molecular weight excluding hydrogens is 230 g/mol. The summed E-state index contributed by atoms with van der Waals surface area (Å²) in [6.45, 7) is 7.19. The van der Waals surface area contributed by atoms with Crippen LogP contribution in [0.5, 0.6) is 0 Å². The summed E-state index contributed by atoms with van der Waals surface area (Å²) in [7, 11) is 0. The molecule has 0 radical (unpaired) electrons. The third-order valence-corrected chi connectivity index (χ3v) is 4.79. The third-order valence-electron chi connectivity index (χ3n) is 4.79. The van der Waals surface area contributed by atoms with Gasteiger partial charge in [0.1, 0.15) is 0 Å². The molecule has 0 amide bonds. The zero-order chi connectivity index (χ0) is 13.8. The summed E-state index contributed by atoms with van der Waals surface area (Å²) in [4.78, 5) is 0. The van der Waals surface area contributed by atoms with Gasteiger partial charge in [-0.05, 0) is 50.6 Å². The number of unbranched alkanes of at least 4 members (excludes halogenated alkanes) is 1. The Hall–Kier alpha value is -0.0400. The van der Waals surface area contributed by atoms with Gasteiger partial charge in [0.05, 0.1) is 0 Å². The molecule has 1 aliphatic rings. The van der Waals surface area contributed by atoms with Crippen LogP contribution in [-0.4, -0.2) is 13.1 Å². The first kappa shape index (κ1) is 17.0. The quantitative estimate of drug-likeness (QED) is 0.484. The summed E-state index contributed by atoms with van der Waals surface area (Å²) in [6.07, 6.45) is 17.3. The van der Waals surface area contributed by atoms with Gasteiger partial charge in [-0.25, -0.2) is 0 Å². The second kappa shape index (κ2) is 11.8. The lowest BCUT2D eigenvalue weighted by atomic mass is 9.86. The fraction of sp³-hybridized carbons (Fsp3) is 1.00. The van der Waals surface area contributed by atoms with Gasteiger partial charge >= 0.3 is 0 Å². The highest BCUT2D eigenvalue weighted by atomic mass is 14.8. The Bertz CT molecular complexity index is 184. The minimum atomic E-state index is 0.934. The normalized spacial score (nSPS) is 18.6. The van der Waals surface area contributed by atoms with E-state index in [4.69, 9.17) is 0 Å². The predicted octanol–water partition coefficient (Wildman–Crippen LogP) is 5.54. The molecule has 0 saturated heterocycles. The molecule has 19 heavy (non-hydrogen) atoms. The molecule has 0 aromatic rings. The Morgan fingerprint density at radius 1 is 0.947 bits per heavy atom. The van der Waals surface area contributed by atoms with Crippen molar-refractivity contribution in [2.75, 3.05) is 13.1 Å². The van der Waals surface area contributed by atoms with Crippen LogP contribution < -0.4 is 5.32 Å². The lowest BCUT2D eigenvalue weighted by Crippen LogP contribution is -2.18. The highest BCUT2D eigenvalue weighted by molar-refractivity contribution is 4.66. The zero-order valence-electron chi connectivity index (χ0n) is 13.6. The first-order chi connectivity index (χ1) is 9.33. The van der Waals surface area contributed by atoms with Crippen LogP contribution in [0.1, 0.15) is 90.9 Å². The maximum Gasteiger partial charge on any atom is -0.00488 e. The molecule has 1 atom stereocenters. The van der Waals surface area contributed by atoms with Crippen LogP contribution in [-0.2, 0) is 0 Å². The summed E-state index contributed by atoms with van der Waals surface area (Å²) in [5, 5.41) is 3.64. The van der Waals surface area contributed by atoms with E-state index >= 15 is 0 Å². The molecule has 0 aromatic carbocycles. The van der Waals surface area contributed by atoms with Gasteiger partial charge < -0.3 is 5.32 Å². The van der Waals surface area contributed by atoms with Crippen LogP contribution in [0.25, 0.3) is 0 Å². The van der Waals surface area contributed by atoms with Crippen molar-refractivity contribution in [3.63, 3.8) is 0 Å². The lowest BCUT2D eigenvalue weighted by Gasteiger charge is -2.21. The highest BCUT2D eigenvalue weighted by Crippen LogP contribution is 2.26. The maximum atomic E-state index is 3.64. The molecule has 0 heterocycles. The van der Waals surface area contributed by atoms with Crippen molar-refractivity contribution in [1.82, 2.24) is 5.32 Å². The number of nitrogens with one attached hydrogen (secondary N) is 1. The molecule has 114 valence electrons. The van der Waals surface area contributed by atoms with Gasteiger partial charge in [0.2, 0.25) is 0 Å². The van der Waals surface area contributed by atoms with E-state index in [1.54, 1.807) is 0 Å². The lowest BCUT2D eigenvalue weighted by molar-refractivity contribution is 0.330. The molecule has 1 rings (SSSR count). The van der Waals surface area contributed by atoms with Crippen molar-refractivity contribution in [2.45, 2.75) is 90.9 Å². The first-order valence-corrected chi connectivity index (χ1v) is 9.03. The van der Waals surface area contributed by atoms with E-state index in [2.05, 4.69) is 19.2 Å². The van der Waals surface area contributed by atoms with Crippen molar-refractivity contribution >= 4 is 0 Å². The van der Waals surface area contributed by atoms with Crippen molar-refractivity contribution in [2.24, 2.45) is 11.8 Å². The standard InChI is InChI=1S/C18H37N/c1-3-4-10-17(2)11-8-15-19-16-9-14-18-12-6-5-7-13-18/h17-19H,3-16H2,1-2H3. The second-order valence-electron chi connectivity index (χ2n) is 6.79. The molecule has 1 unspecified atom stereocenters. The van der Waals surface area contributed by atoms with Gasteiger partial charge in [-0.3, -0.25) is 0 Å². The largest absolute Gasteiger partial charge is 0.317 e. The maximum absolute atomic E-state index is 3.64. The average molecular weight is 268 g/mol. The fourth-order valence-corrected chi connectivity index (χ4v) is 3.39. The highest BCUT2D eigenvalue weighted by Gasteiger charge is 2.12. The second-order valence-corrected chi connectivity index (χ2v) is 6.79. The molecule has 0 aromatic heterocycles. The van der Waals surface area contributed by atoms with E-state index in [0.29, 0.717) is 0 Å². The monoisotopic (exact) mass is 267 g/mol. The van der Waals surface area contributed by atoms with E-state index in [0.717, 1.165) is 11.8 Å². The molecule has 1 nitrogen and oxygen atoms in total. The number of rotatable bonds is 11. The van der Waals surface area contributed by atoms with Gasteiger partial charge in [0.15, 0.2) is 0 Å². The molecule has 1 heteroatoms. The molecule has 0 bridgehead atoms. The van der Waals surface area contributed by atoms with E-state index in [-0.39, 0.29) is 0 Å². The van der Waals surface area contributed by atoms with Crippen LogP contribution in [0, 0.1) is 11.8 Å². The Labute approximate surface area is 121 Å². The zero-order valence-corrected chi connectivity index (χ0v) is 13.6. The van der Waals surface area contributed by atoms with Gasteiger partial charge in [0, 0.05) is 0 Å². The SMILES string of the molecule is CCCCC(C)CCCNCCCC1CCCCC1. The predicted molar refractivity (Wildman–Crippen MR) is 86.6 cm³/mol. The van der Waals surface area contributed by atoms with Crippen LogP contribution in [0.4, 0.5) is 0 Å². The molecule has 1 saturated carbocycles. The molecule has 1 fully saturated rings. The summed E-state index contributed by atoms with van der Waals surface area (Å²) in [5.74, 6) is 1.99. The Balaban J connectivity index is 1.80. The Morgan fingerprint density at radius 2 is 1.63 bits per heavy atom. The Kier molecular flexibility index (Phi) is 10.5. The van der Waals surface area contributed by atoms with Crippen molar-refractivity contribution in [1.29, 1.82) is 0 Å². The summed E-state index contributed by atoms with van der Waals surface area (Å²) >= 11 is 0. The smallest absolute Gasteiger partial charge is 0.00488 e. The Morgan fingerprint density at radius 3 is 2.37 bits per heavy atom. The van der Waals surface area contributed by atoms with E-state index < -0.39 is 0 Å². The van der Waals surface area contributed by atoms with Crippen LogP contribution in [0.15, 0.2) is 0 Å². The topological polar surface area (TPSA) is 12.0 Å². The minimum absolute atomic E-state index is 0.934. The summed E-state index contributed by atoms with van der Waals surface area (Å²) in [5.41, 5.74) is 0. The molecular formula is C18H37N. The van der Waals surface area contributed by atoms with Gasteiger partial charge in [-0.2, -0.15) is 0 Å². The van der Waals surface area contributed by atoms with Crippen molar-refractivity contribution in [3.8, 4) is 0 Å². The van der Waals surface area contributed by atoms with Gasteiger partial charge in [-0.15, -0.1) is 0 Å². The van der Waals surface area contributed by atoms with E-state index in [1.165, 1.54) is 90.1 Å². The summed E-state index contributed by atoms with van der Waals surface area (Å²) < 4.78 is 0. The summed E-state index contributed by atoms with van der Waals surface area (Å²) in [6, 6.07) is 0.